The molecule has 2 N–H and O–H groups in total. The van der Waals surface area contributed by atoms with E-state index in [1.807, 2.05) is 0 Å². The Hall–Kier alpha value is -0.970. The number of likely N-dealkylation sites (N-methyl/N-ethyl adjacent to an activating group) is 1. The topological polar surface area (TPSA) is 35.5 Å². The van der Waals surface area contributed by atoms with E-state index in [1.165, 1.54) is 12.1 Å². The van der Waals surface area contributed by atoms with Crippen LogP contribution in [-0.2, 0) is 0 Å². The Balaban J connectivity index is 2.23. The van der Waals surface area contributed by atoms with Crippen LogP contribution in [0.2, 0.25) is 0 Å². The molecule has 0 saturated heterocycles. The second-order valence-electron chi connectivity index (χ2n) is 4.71. The first-order valence-corrected chi connectivity index (χ1v) is 7.04. The second-order valence-corrected chi connectivity index (χ2v) is 4.71. The van der Waals surface area contributed by atoms with Gasteiger partial charge in [-0.3, -0.25) is 0 Å². The van der Waals surface area contributed by atoms with Crippen LogP contribution in [0, 0.1) is 5.82 Å². The molecule has 1 rings (SSSR count). The molecule has 0 aromatic heterocycles. The van der Waals surface area contributed by atoms with Crippen LogP contribution < -0.4 is 5.32 Å². The van der Waals surface area contributed by atoms with Gasteiger partial charge in [0.25, 0.3) is 0 Å². The molecule has 1 atom stereocenters. The Morgan fingerprint density at radius 1 is 1.21 bits per heavy atom. The van der Waals surface area contributed by atoms with Gasteiger partial charge < -0.3 is 15.3 Å². The lowest BCUT2D eigenvalue weighted by Crippen LogP contribution is -2.34. The summed E-state index contributed by atoms with van der Waals surface area (Å²) in [5, 5.41) is 13.2. The number of rotatable bonds is 9. The minimum absolute atomic E-state index is 0.276. The van der Waals surface area contributed by atoms with E-state index >= 15 is 0 Å². The number of benzene rings is 1. The second kappa shape index (κ2) is 9.02. The molecule has 1 aromatic rings. The van der Waals surface area contributed by atoms with E-state index in [1.54, 1.807) is 12.1 Å². The van der Waals surface area contributed by atoms with Gasteiger partial charge in [0.05, 0.1) is 6.10 Å². The van der Waals surface area contributed by atoms with E-state index in [-0.39, 0.29) is 5.82 Å². The van der Waals surface area contributed by atoms with Crippen LogP contribution in [0.25, 0.3) is 0 Å². The van der Waals surface area contributed by atoms with Gasteiger partial charge in [-0.15, -0.1) is 0 Å². The molecular weight excluding hydrogens is 243 g/mol. The first kappa shape index (κ1) is 16.1. The number of nitrogens with one attached hydrogen (secondary N) is 1. The molecule has 1 aromatic carbocycles. The SMILES string of the molecule is CCCN(CC)CCNCC(O)c1ccc(F)cc1. The van der Waals surface area contributed by atoms with E-state index < -0.39 is 6.10 Å². The van der Waals surface area contributed by atoms with E-state index in [0.29, 0.717) is 6.54 Å². The highest BCUT2D eigenvalue weighted by atomic mass is 19.1. The van der Waals surface area contributed by atoms with Gasteiger partial charge in [-0.1, -0.05) is 26.0 Å². The lowest BCUT2D eigenvalue weighted by molar-refractivity contribution is 0.172. The first-order chi connectivity index (χ1) is 9.17. The molecule has 0 amide bonds. The van der Waals surface area contributed by atoms with Crippen LogP contribution in [-0.4, -0.2) is 42.7 Å². The molecule has 4 heteroatoms. The zero-order valence-electron chi connectivity index (χ0n) is 11.9. The Morgan fingerprint density at radius 3 is 2.47 bits per heavy atom. The summed E-state index contributed by atoms with van der Waals surface area (Å²) in [5.74, 6) is -0.276. The number of hydrogen-bond acceptors (Lipinski definition) is 3. The fourth-order valence-corrected chi connectivity index (χ4v) is 2.02. The van der Waals surface area contributed by atoms with Crippen LogP contribution in [0.15, 0.2) is 24.3 Å². The maximum Gasteiger partial charge on any atom is 0.123 e. The maximum absolute atomic E-state index is 12.8. The summed E-state index contributed by atoms with van der Waals surface area (Å²) in [4.78, 5) is 2.37. The molecule has 0 bridgehead atoms. The molecule has 3 nitrogen and oxygen atoms in total. The van der Waals surface area contributed by atoms with E-state index in [2.05, 4.69) is 24.1 Å². The van der Waals surface area contributed by atoms with Crippen LogP contribution in [0.5, 0.6) is 0 Å². The summed E-state index contributed by atoms with van der Waals surface area (Å²) in [5.41, 5.74) is 0.745. The molecule has 0 aliphatic heterocycles. The van der Waals surface area contributed by atoms with Crippen LogP contribution in [0.4, 0.5) is 4.39 Å². The predicted molar refractivity (Wildman–Crippen MR) is 76.6 cm³/mol. The molecule has 0 aliphatic carbocycles. The summed E-state index contributed by atoms with van der Waals surface area (Å²) < 4.78 is 12.8. The smallest absolute Gasteiger partial charge is 0.123 e. The van der Waals surface area contributed by atoms with E-state index in [9.17, 15) is 9.50 Å². The highest BCUT2D eigenvalue weighted by Crippen LogP contribution is 2.12. The number of nitrogens with zero attached hydrogens (tertiary/aromatic N) is 1. The Kier molecular flexibility index (Phi) is 7.63. The number of halogens is 1. The lowest BCUT2D eigenvalue weighted by Gasteiger charge is -2.20. The van der Waals surface area contributed by atoms with Gasteiger partial charge >= 0.3 is 0 Å². The summed E-state index contributed by atoms with van der Waals surface area (Å²) in [6.07, 6.45) is 0.577. The molecule has 0 spiro atoms. The minimum atomic E-state index is -0.582. The van der Waals surface area contributed by atoms with Gasteiger partial charge in [-0.2, -0.15) is 0 Å². The van der Waals surface area contributed by atoms with Crippen molar-refractivity contribution in [3.8, 4) is 0 Å². The zero-order valence-corrected chi connectivity index (χ0v) is 11.9. The number of aliphatic hydroxyl groups excluding tert-OH is 1. The van der Waals surface area contributed by atoms with Crippen molar-refractivity contribution in [3.05, 3.63) is 35.6 Å². The van der Waals surface area contributed by atoms with Gasteiger partial charge in [0.2, 0.25) is 0 Å². The van der Waals surface area contributed by atoms with Crippen molar-refractivity contribution in [3.63, 3.8) is 0 Å². The number of aliphatic hydroxyl groups is 1. The molecule has 1 unspecified atom stereocenters. The lowest BCUT2D eigenvalue weighted by atomic mass is 10.1. The van der Waals surface area contributed by atoms with E-state index in [4.69, 9.17) is 0 Å². The van der Waals surface area contributed by atoms with Crippen molar-refractivity contribution in [1.82, 2.24) is 10.2 Å². The zero-order chi connectivity index (χ0) is 14.1. The Morgan fingerprint density at radius 2 is 1.89 bits per heavy atom. The third kappa shape index (κ3) is 6.14. The van der Waals surface area contributed by atoms with Crippen LogP contribution >= 0.6 is 0 Å². The molecule has 0 aliphatic rings. The van der Waals surface area contributed by atoms with Gasteiger partial charge in [-0.25, -0.2) is 4.39 Å². The summed E-state index contributed by atoms with van der Waals surface area (Å²) in [6.45, 7) is 8.83. The van der Waals surface area contributed by atoms with Gasteiger partial charge in [0, 0.05) is 19.6 Å². The fraction of sp³-hybridized carbons (Fsp3) is 0.600. The molecule has 19 heavy (non-hydrogen) atoms. The molecule has 108 valence electrons. The largest absolute Gasteiger partial charge is 0.387 e. The summed E-state index contributed by atoms with van der Waals surface area (Å²) in [7, 11) is 0. The van der Waals surface area contributed by atoms with Gasteiger partial charge in [0.15, 0.2) is 0 Å². The molecular formula is C15H25FN2O. The third-order valence-corrected chi connectivity index (χ3v) is 3.18. The highest BCUT2D eigenvalue weighted by molar-refractivity contribution is 5.18. The average molecular weight is 268 g/mol. The summed E-state index contributed by atoms with van der Waals surface area (Å²) >= 11 is 0. The van der Waals surface area contributed by atoms with Crippen molar-refractivity contribution in [2.24, 2.45) is 0 Å². The molecule has 0 radical (unpaired) electrons. The van der Waals surface area contributed by atoms with Crippen LogP contribution in [0.3, 0.4) is 0 Å². The van der Waals surface area contributed by atoms with Gasteiger partial charge in [-0.05, 0) is 37.2 Å². The van der Waals surface area contributed by atoms with E-state index in [0.717, 1.165) is 38.2 Å². The standard InChI is InChI=1S/C15H25FN2O/c1-3-10-18(4-2)11-9-17-12-15(19)13-5-7-14(16)8-6-13/h5-8,15,17,19H,3-4,9-12H2,1-2H3. The van der Waals surface area contributed by atoms with Crippen molar-refractivity contribution < 1.29 is 9.50 Å². The molecule has 0 saturated carbocycles. The third-order valence-electron chi connectivity index (χ3n) is 3.18. The molecule has 0 heterocycles. The minimum Gasteiger partial charge on any atom is -0.387 e. The normalized spacial score (nSPS) is 12.9. The number of hydrogen-bond donors (Lipinski definition) is 2. The monoisotopic (exact) mass is 268 g/mol. The Labute approximate surface area is 115 Å². The quantitative estimate of drug-likeness (QED) is 0.674. The molecule has 0 fully saturated rings. The summed E-state index contributed by atoms with van der Waals surface area (Å²) in [6, 6.07) is 5.99. The van der Waals surface area contributed by atoms with Crippen molar-refractivity contribution in [2.75, 3.05) is 32.7 Å². The van der Waals surface area contributed by atoms with Crippen molar-refractivity contribution in [2.45, 2.75) is 26.4 Å². The van der Waals surface area contributed by atoms with Gasteiger partial charge in [0.1, 0.15) is 5.82 Å². The predicted octanol–water partition coefficient (Wildman–Crippen LogP) is 2.18. The fourth-order valence-electron chi connectivity index (χ4n) is 2.02. The maximum atomic E-state index is 12.8. The highest BCUT2D eigenvalue weighted by Gasteiger charge is 2.07. The first-order valence-electron chi connectivity index (χ1n) is 7.04. The Bertz CT molecular complexity index is 343. The van der Waals surface area contributed by atoms with Crippen molar-refractivity contribution >= 4 is 0 Å². The van der Waals surface area contributed by atoms with Crippen molar-refractivity contribution in [1.29, 1.82) is 0 Å². The van der Waals surface area contributed by atoms with Crippen LogP contribution in [0.1, 0.15) is 31.9 Å². The average Bonchev–Trinajstić information content (AvgIpc) is 2.42.